The van der Waals surface area contributed by atoms with Crippen molar-refractivity contribution in [3.8, 4) is 5.75 Å². The second-order valence-corrected chi connectivity index (χ2v) is 13.4. The average molecular weight is 562 g/mol. The van der Waals surface area contributed by atoms with E-state index in [0.717, 1.165) is 18.4 Å². The topological polar surface area (TPSA) is 82.1 Å². The normalized spacial score (nSPS) is 42.6. The Morgan fingerprint density at radius 3 is 2.71 bits per heavy atom. The third-order valence-electron chi connectivity index (χ3n) is 10.2. The minimum absolute atomic E-state index is 0.0100. The van der Waals surface area contributed by atoms with Crippen molar-refractivity contribution in [1.82, 2.24) is 0 Å². The molecular formula is C30H34Cl2O6. The number of hydrogen-bond donors (Lipinski definition) is 1. The maximum Gasteiger partial charge on any atom is 0.205 e. The molecule has 1 aromatic carbocycles. The molecule has 0 amide bonds. The van der Waals surface area contributed by atoms with E-state index in [2.05, 4.69) is 13.8 Å². The van der Waals surface area contributed by atoms with Gasteiger partial charge in [0.05, 0.1) is 17.2 Å². The van der Waals surface area contributed by atoms with E-state index in [1.165, 1.54) is 0 Å². The second-order valence-electron chi connectivity index (χ2n) is 12.6. The highest BCUT2D eigenvalue weighted by atomic mass is 35.5. The Morgan fingerprint density at radius 2 is 1.97 bits per heavy atom. The lowest BCUT2D eigenvalue weighted by molar-refractivity contribution is -0.225. The largest absolute Gasteiger partial charge is 0.484 e. The molecule has 3 saturated carbocycles. The van der Waals surface area contributed by atoms with Crippen LogP contribution in [0.5, 0.6) is 5.75 Å². The van der Waals surface area contributed by atoms with Gasteiger partial charge in [-0.3, -0.25) is 9.59 Å². The first-order valence-corrected chi connectivity index (χ1v) is 14.2. The van der Waals surface area contributed by atoms with Crippen molar-refractivity contribution in [3.63, 3.8) is 0 Å². The molecule has 4 fully saturated rings. The Bertz CT molecular complexity index is 1270. The molecule has 5 aliphatic rings. The van der Waals surface area contributed by atoms with Gasteiger partial charge in [0.2, 0.25) is 5.78 Å². The van der Waals surface area contributed by atoms with Crippen molar-refractivity contribution in [2.45, 2.75) is 77.0 Å². The molecule has 4 aliphatic carbocycles. The minimum Gasteiger partial charge on any atom is -0.484 e. The Morgan fingerprint density at radius 1 is 1.21 bits per heavy atom. The van der Waals surface area contributed by atoms with Gasteiger partial charge in [-0.1, -0.05) is 48.7 Å². The van der Waals surface area contributed by atoms with Gasteiger partial charge >= 0.3 is 0 Å². The zero-order valence-electron chi connectivity index (χ0n) is 22.1. The number of ether oxygens (including phenoxy) is 3. The van der Waals surface area contributed by atoms with Crippen LogP contribution in [0.4, 0.5) is 0 Å². The van der Waals surface area contributed by atoms with Crippen molar-refractivity contribution in [1.29, 1.82) is 0 Å². The number of carbonyl (C=O) groups is 2. The first-order chi connectivity index (χ1) is 17.8. The first-order valence-electron chi connectivity index (χ1n) is 13.4. The Balaban J connectivity index is 1.35. The Hall–Kier alpha value is -1.70. The lowest BCUT2D eigenvalue weighted by atomic mass is 9.46. The second kappa shape index (κ2) is 8.65. The number of aliphatic hydroxyl groups excluding tert-OH is 1. The van der Waals surface area contributed by atoms with Crippen molar-refractivity contribution >= 4 is 34.8 Å². The Labute approximate surface area is 233 Å². The maximum atomic E-state index is 14.2. The number of carbonyl (C=O) groups excluding carboxylic acids is 2. The number of ketones is 2. The molecule has 1 aliphatic heterocycles. The predicted octanol–water partition coefficient (Wildman–Crippen LogP) is 5.72. The summed E-state index contributed by atoms with van der Waals surface area (Å²) in [5.41, 5.74) is -1.22. The highest BCUT2D eigenvalue weighted by Gasteiger charge is 2.76. The third kappa shape index (κ3) is 3.63. The maximum absolute atomic E-state index is 14.2. The summed E-state index contributed by atoms with van der Waals surface area (Å²) in [6.07, 6.45) is 6.95. The van der Waals surface area contributed by atoms with Gasteiger partial charge in [-0.15, -0.1) is 0 Å². The monoisotopic (exact) mass is 560 g/mol. The number of aliphatic hydroxyl groups is 1. The molecule has 8 heteroatoms. The molecule has 204 valence electrons. The third-order valence-corrected chi connectivity index (χ3v) is 10.7. The fourth-order valence-electron chi connectivity index (χ4n) is 8.76. The molecule has 8 atom stereocenters. The molecule has 0 aromatic heterocycles. The SMILES string of the molecule is CC1(C)O[C@H]2CC3C4CCC5=CC(=O)C=CC5(C)C4[C@@H](O)CC3(C)[C@]2(C(=O)COc2ccc(Cl)cc2Cl)O1. The zero-order valence-corrected chi connectivity index (χ0v) is 23.6. The van der Waals surface area contributed by atoms with Crippen LogP contribution in [-0.4, -0.2) is 46.9 Å². The van der Waals surface area contributed by atoms with Gasteiger partial charge in [0.1, 0.15) is 12.4 Å². The van der Waals surface area contributed by atoms with Crippen LogP contribution in [0.15, 0.2) is 42.0 Å². The van der Waals surface area contributed by atoms with Crippen LogP contribution in [-0.2, 0) is 19.1 Å². The Kier molecular flexibility index (Phi) is 6.03. The average Bonchev–Trinajstić information content (AvgIpc) is 3.24. The molecule has 1 aromatic rings. The number of rotatable bonds is 4. The molecule has 1 heterocycles. The summed E-state index contributed by atoms with van der Waals surface area (Å²) in [5.74, 6) is -0.568. The summed E-state index contributed by atoms with van der Waals surface area (Å²) in [6.45, 7) is 7.66. The van der Waals surface area contributed by atoms with Crippen LogP contribution in [0.1, 0.15) is 53.4 Å². The quantitative estimate of drug-likeness (QED) is 0.507. The van der Waals surface area contributed by atoms with Gasteiger partial charge < -0.3 is 19.3 Å². The van der Waals surface area contributed by atoms with Gasteiger partial charge in [0.25, 0.3) is 0 Å². The van der Waals surface area contributed by atoms with Crippen LogP contribution in [0.3, 0.4) is 0 Å². The summed E-state index contributed by atoms with van der Waals surface area (Å²) >= 11 is 12.3. The van der Waals surface area contributed by atoms with E-state index in [1.807, 2.05) is 19.9 Å². The number of hydrogen-bond acceptors (Lipinski definition) is 6. The van der Waals surface area contributed by atoms with E-state index < -0.39 is 29.0 Å². The molecule has 0 bridgehead atoms. The number of benzene rings is 1. The lowest BCUT2D eigenvalue weighted by Gasteiger charge is -2.59. The lowest BCUT2D eigenvalue weighted by Crippen LogP contribution is -2.64. The molecule has 1 N–H and O–H groups in total. The molecule has 6 nitrogen and oxygen atoms in total. The molecule has 6 rings (SSSR count). The molecule has 0 radical (unpaired) electrons. The standard InChI is InChI=1S/C30H34Cl2O6/c1-27(2)37-25-13-20-19-7-5-16-11-18(33)9-10-28(16,3)26(19)22(34)14-29(20,4)30(25,38-27)24(35)15-36-23-8-6-17(31)12-21(23)32/h6,8-12,19-20,22,25-26,34H,5,7,13-15H2,1-4H3/t19?,20?,22-,25-,26?,28?,29?,30+/m0/s1. The summed E-state index contributed by atoms with van der Waals surface area (Å²) < 4.78 is 18.9. The highest BCUT2D eigenvalue weighted by molar-refractivity contribution is 6.35. The van der Waals surface area contributed by atoms with Crippen LogP contribution in [0.25, 0.3) is 0 Å². The summed E-state index contributed by atoms with van der Waals surface area (Å²) in [7, 11) is 0. The minimum atomic E-state index is -1.26. The number of halogens is 2. The summed E-state index contributed by atoms with van der Waals surface area (Å²) in [6, 6.07) is 4.89. The van der Waals surface area contributed by atoms with E-state index in [-0.39, 0.29) is 41.3 Å². The van der Waals surface area contributed by atoms with Gasteiger partial charge in [-0.2, -0.15) is 0 Å². The zero-order chi connectivity index (χ0) is 27.3. The highest BCUT2D eigenvalue weighted by Crippen LogP contribution is 2.70. The van der Waals surface area contributed by atoms with Crippen molar-refractivity contribution in [3.05, 3.63) is 52.0 Å². The van der Waals surface area contributed by atoms with Crippen LogP contribution >= 0.6 is 23.2 Å². The number of Topliss-reactive ketones (excluding diaryl/α,β-unsaturated/α-hetero) is 1. The van der Waals surface area contributed by atoms with Crippen LogP contribution < -0.4 is 4.74 Å². The summed E-state index contributed by atoms with van der Waals surface area (Å²) in [5, 5.41) is 12.6. The van der Waals surface area contributed by atoms with Crippen molar-refractivity contribution in [2.24, 2.45) is 28.6 Å². The predicted molar refractivity (Wildman–Crippen MR) is 143 cm³/mol. The van der Waals surface area contributed by atoms with E-state index in [4.69, 9.17) is 37.4 Å². The van der Waals surface area contributed by atoms with Gasteiger partial charge in [-0.25, -0.2) is 0 Å². The molecule has 5 unspecified atom stereocenters. The van der Waals surface area contributed by atoms with E-state index in [1.54, 1.807) is 30.4 Å². The van der Waals surface area contributed by atoms with E-state index >= 15 is 0 Å². The fourth-order valence-corrected chi connectivity index (χ4v) is 9.23. The van der Waals surface area contributed by atoms with Gasteiger partial charge in [0, 0.05) is 21.8 Å². The van der Waals surface area contributed by atoms with E-state index in [9.17, 15) is 14.7 Å². The number of fused-ring (bicyclic) bond motifs is 7. The van der Waals surface area contributed by atoms with Crippen LogP contribution in [0.2, 0.25) is 10.0 Å². The number of allylic oxidation sites excluding steroid dienone is 4. The van der Waals surface area contributed by atoms with Crippen molar-refractivity contribution < 1.29 is 28.9 Å². The fraction of sp³-hybridized carbons (Fsp3) is 0.600. The molecular weight excluding hydrogens is 527 g/mol. The first kappa shape index (κ1) is 26.5. The van der Waals surface area contributed by atoms with Gasteiger partial charge in [0.15, 0.2) is 17.2 Å². The molecule has 1 saturated heterocycles. The van der Waals surface area contributed by atoms with E-state index in [0.29, 0.717) is 28.6 Å². The molecule has 38 heavy (non-hydrogen) atoms. The molecule has 0 spiro atoms. The van der Waals surface area contributed by atoms with Gasteiger partial charge in [-0.05, 0) is 81.7 Å². The van der Waals surface area contributed by atoms with Crippen LogP contribution in [0, 0.1) is 28.6 Å². The van der Waals surface area contributed by atoms with Crippen molar-refractivity contribution in [2.75, 3.05) is 6.61 Å². The smallest absolute Gasteiger partial charge is 0.205 e. The summed E-state index contributed by atoms with van der Waals surface area (Å²) in [4.78, 5) is 26.3.